The Kier molecular flexibility index (Phi) is 3.53. The van der Waals surface area contributed by atoms with Gasteiger partial charge in [-0.15, -0.1) is 0 Å². The number of amides is 1. The Hall–Kier alpha value is -0.570. The average molecular weight is 170 g/mol. The summed E-state index contributed by atoms with van der Waals surface area (Å²) >= 11 is 0. The molecule has 3 N–H and O–H groups in total. The number of nitrogens with one attached hydrogen (secondary N) is 1. The maximum absolute atomic E-state index is 10.4. The molecule has 70 valence electrons. The molecule has 0 aromatic heterocycles. The van der Waals surface area contributed by atoms with Crippen LogP contribution in [0.4, 0.5) is 0 Å². The zero-order chi connectivity index (χ0) is 8.97. The summed E-state index contributed by atoms with van der Waals surface area (Å²) < 4.78 is 0. The molecule has 3 heteroatoms. The van der Waals surface area contributed by atoms with Crippen molar-refractivity contribution in [2.45, 2.75) is 38.6 Å². The van der Waals surface area contributed by atoms with Gasteiger partial charge in [-0.3, -0.25) is 4.79 Å². The molecule has 1 unspecified atom stereocenters. The van der Waals surface area contributed by atoms with Crippen molar-refractivity contribution in [3.63, 3.8) is 0 Å². The minimum absolute atomic E-state index is 0.198. The Balaban J connectivity index is 1.90. The van der Waals surface area contributed by atoms with Crippen LogP contribution in [0.1, 0.15) is 32.6 Å². The van der Waals surface area contributed by atoms with E-state index in [0.717, 1.165) is 18.9 Å². The third-order valence-corrected chi connectivity index (χ3v) is 2.40. The largest absolute Gasteiger partial charge is 0.370 e. The molecule has 0 bridgehead atoms. The molecule has 1 rings (SSSR count). The van der Waals surface area contributed by atoms with E-state index in [0.29, 0.717) is 12.5 Å². The fraction of sp³-hybridized carbons (Fsp3) is 0.889. The molecule has 1 fully saturated rings. The van der Waals surface area contributed by atoms with Crippen LogP contribution in [0.15, 0.2) is 0 Å². The highest BCUT2D eigenvalue weighted by Gasteiger charge is 2.26. The lowest BCUT2D eigenvalue weighted by Crippen LogP contribution is -2.29. The van der Waals surface area contributed by atoms with Gasteiger partial charge in [0.15, 0.2) is 0 Å². The van der Waals surface area contributed by atoms with E-state index in [-0.39, 0.29) is 5.91 Å². The van der Waals surface area contributed by atoms with E-state index in [4.69, 9.17) is 5.73 Å². The fourth-order valence-corrected chi connectivity index (χ4v) is 1.36. The first-order valence-electron chi connectivity index (χ1n) is 4.72. The second-order valence-corrected chi connectivity index (χ2v) is 3.65. The van der Waals surface area contributed by atoms with E-state index in [2.05, 4.69) is 12.2 Å². The topological polar surface area (TPSA) is 55.1 Å². The first-order chi connectivity index (χ1) is 5.70. The van der Waals surface area contributed by atoms with Gasteiger partial charge in [-0.25, -0.2) is 0 Å². The molecule has 0 aromatic carbocycles. The van der Waals surface area contributed by atoms with Gasteiger partial charge in [0.05, 0.1) is 0 Å². The van der Waals surface area contributed by atoms with Crippen molar-refractivity contribution < 1.29 is 4.79 Å². The maximum atomic E-state index is 10.4. The molecule has 1 aliphatic rings. The molecule has 1 saturated carbocycles. The summed E-state index contributed by atoms with van der Waals surface area (Å²) in [5.74, 6) is 0.689. The molecule has 0 aromatic rings. The summed E-state index contributed by atoms with van der Waals surface area (Å²) in [6.07, 6.45) is 4.10. The van der Waals surface area contributed by atoms with Crippen LogP contribution in [0.25, 0.3) is 0 Å². The van der Waals surface area contributed by atoms with Gasteiger partial charge in [0.2, 0.25) is 5.91 Å². The Morgan fingerprint density at radius 3 is 2.83 bits per heavy atom. The SMILES string of the molecule is CC(NCCCC(N)=O)C1CC1. The summed E-state index contributed by atoms with van der Waals surface area (Å²) in [4.78, 5) is 10.4. The van der Waals surface area contributed by atoms with Gasteiger partial charge >= 0.3 is 0 Å². The van der Waals surface area contributed by atoms with Crippen LogP contribution >= 0.6 is 0 Å². The molecular weight excluding hydrogens is 152 g/mol. The summed E-state index contributed by atoms with van der Waals surface area (Å²) in [6, 6.07) is 0.623. The Morgan fingerprint density at radius 2 is 2.33 bits per heavy atom. The second kappa shape index (κ2) is 4.45. The van der Waals surface area contributed by atoms with Gasteiger partial charge in [-0.05, 0) is 38.6 Å². The van der Waals surface area contributed by atoms with E-state index in [1.54, 1.807) is 0 Å². The Bertz CT molecular complexity index is 155. The van der Waals surface area contributed by atoms with Gasteiger partial charge in [0, 0.05) is 12.5 Å². The lowest BCUT2D eigenvalue weighted by Gasteiger charge is -2.11. The van der Waals surface area contributed by atoms with Crippen LogP contribution in [0, 0.1) is 5.92 Å². The van der Waals surface area contributed by atoms with Crippen LogP contribution in [-0.2, 0) is 4.79 Å². The summed E-state index contributed by atoms with van der Waals surface area (Å²) in [6.45, 7) is 3.13. The number of rotatable bonds is 6. The predicted octanol–water partition coefficient (Wildman–Crippen LogP) is 0.640. The molecule has 0 spiro atoms. The predicted molar refractivity (Wildman–Crippen MR) is 48.6 cm³/mol. The normalized spacial score (nSPS) is 19.1. The Morgan fingerprint density at radius 1 is 1.67 bits per heavy atom. The highest BCUT2D eigenvalue weighted by atomic mass is 16.1. The van der Waals surface area contributed by atoms with Crippen LogP contribution in [-0.4, -0.2) is 18.5 Å². The zero-order valence-corrected chi connectivity index (χ0v) is 7.68. The Labute approximate surface area is 73.7 Å². The average Bonchev–Trinajstić information content (AvgIpc) is 2.79. The van der Waals surface area contributed by atoms with Crippen LogP contribution in [0.3, 0.4) is 0 Å². The maximum Gasteiger partial charge on any atom is 0.217 e. The van der Waals surface area contributed by atoms with E-state index >= 15 is 0 Å². The molecule has 3 nitrogen and oxygen atoms in total. The monoisotopic (exact) mass is 170 g/mol. The minimum atomic E-state index is -0.198. The van der Waals surface area contributed by atoms with Gasteiger partial charge in [-0.1, -0.05) is 0 Å². The number of nitrogens with two attached hydrogens (primary N) is 1. The molecule has 12 heavy (non-hydrogen) atoms. The van der Waals surface area contributed by atoms with Crippen molar-refractivity contribution in [1.82, 2.24) is 5.32 Å². The summed E-state index contributed by atoms with van der Waals surface area (Å²) in [5, 5.41) is 3.39. The van der Waals surface area contributed by atoms with E-state index in [1.165, 1.54) is 12.8 Å². The molecular formula is C9H18N2O. The van der Waals surface area contributed by atoms with Crippen molar-refractivity contribution in [2.75, 3.05) is 6.54 Å². The van der Waals surface area contributed by atoms with Crippen LogP contribution in [0.2, 0.25) is 0 Å². The molecule has 0 saturated heterocycles. The van der Waals surface area contributed by atoms with Gasteiger partial charge < -0.3 is 11.1 Å². The lowest BCUT2D eigenvalue weighted by atomic mass is 10.2. The molecule has 0 radical (unpaired) electrons. The fourth-order valence-electron chi connectivity index (χ4n) is 1.36. The van der Waals surface area contributed by atoms with E-state index in [9.17, 15) is 4.79 Å². The standard InChI is InChI=1S/C9H18N2O/c1-7(8-4-5-8)11-6-2-3-9(10)12/h7-8,11H,2-6H2,1H3,(H2,10,12). The van der Waals surface area contributed by atoms with E-state index in [1.807, 2.05) is 0 Å². The first kappa shape index (κ1) is 9.52. The molecule has 1 aliphatic carbocycles. The molecule has 0 aliphatic heterocycles. The lowest BCUT2D eigenvalue weighted by molar-refractivity contribution is -0.118. The van der Waals surface area contributed by atoms with Crippen molar-refractivity contribution in [2.24, 2.45) is 11.7 Å². The van der Waals surface area contributed by atoms with E-state index < -0.39 is 0 Å². The van der Waals surface area contributed by atoms with Gasteiger partial charge in [0.1, 0.15) is 0 Å². The number of carbonyl (C=O) groups is 1. The zero-order valence-electron chi connectivity index (χ0n) is 7.68. The third kappa shape index (κ3) is 3.72. The van der Waals surface area contributed by atoms with Crippen molar-refractivity contribution in [1.29, 1.82) is 0 Å². The quantitative estimate of drug-likeness (QED) is 0.575. The highest BCUT2D eigenvalue weighted by molar-refractivity contribution is 5.73. The molecule has 1 amide bonds. The highest BCUT2D eigenvalue weighted by Crippen LogP contribution is 2.32. The molecule has 0 heterocycles. The third-order valence-electron chi connectivity index (χ3n) is 2.40. The van der Waals surface area contributed by atoms with Crippen molar-refractivity contribution in [3.05, 3.63) is 0 Å². The van der Waals surface area contributed by atoms with Gasteiger partial charge in [0.25, 0.3) is 0 Å². The number of hydrogen-bond acceptors (Lipinski definition) is 2. The van der Waals surface area contributed by atoms with Crippen LogP contribution < -0.4 is 11.1 Å². The van der Waals surface area contributed by atoms with Gasteiger partial charge in [-0.2, -0.15) is 0 Å². The first-order valence-corrected chi connectivity index (χ1v) is 4.72. The van der Waals surface area contributed by atoms with Crippen molar-refractivity contribution >= 4 is 5.91 Å². The smallest absolute Gasteiger partial charge is 0.217 e. The number of primary amides is 1. The second-order valence-electron chi connectivity index (χ2n) is 3.65. The minimum Gasteiger partial charge on any atom is -0.370 e. The molecule has 1 atom stereocenters. The number of hydrogen-bond donors (Lipinski definition) is 2. The van der Waals surface area contributed by atoms with Crippen LogP contribution in [0.5, 0.6) is 0 Å². The van der Waals surface area contributed by atoms with Crippen molar-refractivity contribution in [3.8, 4) is 0 Å². The summed E-state index contributed by atoms with van der Waals surface area (Å²) in [5.41, 5.74) is 5.01. The number of carbonyl (C=O) groups excluding carboxylic acids is 1. The summed E-state index contributed by atoms with van der Waals surface area (Å²) in [7, 11) is 0.